The fourth-order valence-electron chi connectivity index (χ4n) is 6.25. The SMILES string of the molecule is c1ccc2c(c1)oc1ccc(-c3ccc4ccc(-c5cnc6c7ccccc7c7ccccc7c6n5)cc4c3)cc12. The highest BCUT2D eigenvalue weighted by Crippen LogP contribution is 2.36. The predicted octanol–water partition coefficient (Wildman–Crippen LogP) is 10.3. The summed E-state index contributed by atoms with van der Waals surface area (Å²) >= 11 is 0. The summed E-state index contributed by atoms with van der Waals surface area (Å²) in [5.74, 6) is 0. The normalized spacial score (nSPS) is 11.9. The number of rotatable bonds is 2. The van der Waals surface area contributed by atoms with Crippen molar-refractivity contribution < 1.29 is 4.42 Å². The van der Waals surface area contributed by atoms with Crippen molar-refractivity contribution in [1.29, 1.82) is 0 Å². The van der Waals surface area contributed by atoms with Crippen molar-refractivity contribution in [1.82, 2.24) is 9.97 Å². The lowest BCUT2D eigenvalue weighted by molar-refractivity contribution is 0.669. The molecule has 0 spiro atoms. The van der Waals surface area contributed by atoms with Gasteiger partial charge in [0.15, 0.2) is 0 Å². The van der Waals surface area contributed by atoms with Gasteiger partial charge in [0.1, 0.15) is 11.2 Å². The number of furan rings is 1. The van der Waals surface area contributed by atoms with E-state index < -0.39 is 0 Å². The van der Waals surface area contributed by atoms with Gasteiger partial charge < -0.3 is 4.42 Å². The summed E-state index contributed by atoms with van der Waals surface area (Å²) in [6, 6.07) is 44.8. The van der Waals surface area contributed by atoms with Crippen LogP contribution in [0.1, 0.15) is 0 Å². The number of benzene rings is 7. The molecule has 0 atom stereocenters. The molecule has 3 heteroatoms. The van der Waals surface area contributed by atoms with Crippen molar-refractivity contribution in [2.75, 3.05) is 0 Å². The van der Waals surface area contributed by atoms with Gasteiger partial charge >= 0.3 is 0 Å². The molecule has 0 saturated heterocycles. The van der Waals surface area contributed by atoms with Gasteiger partial charge in [-0.05, 0) is 63.0 Å². The number of para-hydroxylation sites is 1. The molecule has 0 saturated carbocycles. The summed E-state index contributed by atoms with van der Waals surface area (Å²) in [4.78, 5) is 10.2. The summed E-state index contributed by atoms with van der Waals surface area (Å²) < 4.78 is 6.05. The molecule has 9 rings (SSSR count). The van der Waals surface area contributed by atoms with Gasteiger partial charge in [-0.25, -0.2) is 4.98 Å². The van der Waals surface area contributed by atoms with Gasteiger partial charge in [-0.2, -0.15) is 0 Å². The van der Waals surface area contributed by atoms with Gasteiger partial charge in [0.2, 0.25) is 0 Å². The third kappa shape index (κ3) is 3.39. The number of hydrogen-bond donors (Lipinski definition) is 0. The maximum absolute atomic E-state index is 6.05. The highest BCUT2D eigenvalue weighted by atomic mass is 16.3. The van der Waals surface area contributed by atoms with E-state index in [2.05, 4.69) is 115 Å². The lowest BCUT2D eigenvalue weighted by atomic mass is 9.97. The molecular weight excluding hydrogens is 500 g/mol. The molecule has 190 valence electrons. The predicted molar refractivity (Wildman–Crippen MR) is 170 cm³/mol. The van der Waals surface area contributed by atoms with E-state index >= 15 is 0 Å². The average molecular weight is 523 g/mol. The Hall–Kier alpha value is -5.54. The van der Waals surface area contributed by atoms with E-state index in [-0.39, 0.29) is 0 Å². The molecule has 0 bridgehead atoms. The standard InChI is InChI=1S/C38H22N2O/c1-3-10-31-28(7-1)29-8-2-4-11-32(29)38-37(31)39-22-34(40-38)26-16-14-23-13-15-24(19-27(23)20-26)25-17-18-36-33(21-25)30-9-5-6-12-35(30)41-36/h1-22H. The van der Waals surface area contributed by atoms with E-state index in [4.69, 9.17) is 14.4 Å². The van der Waals surface area contributed by atoms with E-state index in [0.717, 1.165) is 55.0 Å². The van der Waals surface area contributed by atoms with Crippen LogP contribution in [0.4, 0.5) is 0 Å². The third-order valence-corrected chi connectivity index (χ3v) is 8.27. The fourth-order valence-corrected chi connectivity index (χ4v) is 6.25. The van der Waals surface area contributed by atoms with Gasteiger partial charge in [-0.1, -0.05) is 97.1 Å². The second-order valence-corrected chi connectivity index (χ2v) is 10.6. The van der Waals surface area contributed by atoms with Gasteiger partial charge in [0, 0.05) is 27.1 Å². The minimum atomic E-state index is 0.872. The van der Waals surface area contributed by atoms with E-state index in [1.165, 1.54) is 32.7 Å². The van der Waals surface area contributed by atoms with Crippen molar-refractivity contribution in [2.45, 2.75) is 0 Å². The molecule has 7 aromatic carbocycles. The fraction of sp³-hybridized carbons (Fsp3) is 0. The van der Waals surface area contributed by atoms with Crippen LogP contribution in [0.5, 0.6) is 0 Å². The van der Waals surface area contributed by atoms with Crippen LogP contribution in [-0.4, -0.2) is 9.97 Å². The molecular formula is C38H22N2O. The molecule has 0 aliphatic rings. The molecule has 0 fully saturated rings. The van der Waals surface area contributed by atoms with Gasteiger partial charge in [0.05, 0.1) is 22.9 Å². The Labute approximate surface area is 235 Å². The zero-order valence-electron chi connectivity index (χ0n) is 22.0. The molecule has 0 aliphatic heterocycles. The van der Waals surface area contributed by atoms with Crippen LogP contribution < -0.4 is 0 Å². The van der Waals surface area contributed by atoms with Crippen LogP contribution in [-0.2, 0) is 0 Å². The summed E-state index contributed by atoms with van der Waals surface area (Å²) in [7, 11) is 0. The summed E-state index contributed by atoms with van der Waals surface area (Å²) in [6.45, 7) is 0. The largest absolute Gasteiger partial charge is 0.456 e. The zero-order chi connectivity index (χ0) is 26.9. The highest BCUT2D eigenvalue weighted by molar-refractivity contribution is 6.23. The second-order valence-electron chi connectivity index (χ2n) is 10.6. The average Bonchev–Trinajstić information content (AvgIpc) is 3.42. The number of nitrogens with zero attached hydrogens (tertiary/aromatic N) is 2. The van der Waals surface area contributed by atoms with E-state index in [1.807, 2.05) is 18.3 Å². The van der Waals surface area contributed by atoms with Crippen molar-refractivity contribution >= 4 is 65.3 Å². The first-order valence-electron chi connectivity index (χ1n) is 13.8. The summed E-state index contributed by atoms with van der Waals surface area (Å²) in [6.07, 6.45) is 1.91. The van der Waals surface area contributed by atoms with Crippen LogP contribution in [0, 0.1) is 0 Å². The lowest BCUT2D eigenvalue weighted by Crippen LogP contribution is -1.92. The highest BCUT2D eigenvalue weighted by Gasteiger charge is 2.13. The Morgan fingerprint density at radius 2 is 1.00 bits per heavy atom. The first-order chi connectivity index (χ1) is 20.3. The van der Waals surface area contributed by atoms with Crippen LogP contribution >= 0.6 is 0 Å². The topological polar surface area (TPSA) is 38.9 Å². The zero-order valence-corrected chi connectivity index (χ0v) is 22.0. The second kappa shape index (κ2) is 8.48. The van der Waals surface area contributed by atoms with Crippen molar-refractivity contribution in [2.24, 2.45) is 0 Å². The van der Waals surface area contributed by atoms with E-state index in [1.54, 1.807) is 0 Å². The first kappa shape index (κ1) is 22.3. The molecule has 2 heterocycles. The Bertz CT molecular complexity index is 2450. The van der Waals surface area contributed by atoms with Crippen LogP contribution in [0.15, 0.2) is 138 Å². The molecule has 0 radical (unpaired) electrons. The van der Waals surface area contributed by atoms with Gasteiger partial charge in [0.25, 0.3) is 0 Å². The van der Waals surface area contributed by atoms with Crippen molar-refractivity contribution in [3.63, 3.8) is 0 Å². The Morgan fingerprint density at radius 1 is 0.415 bits per heavy atom. The number of fused-ring (bicyclic) bond motifs is 10. The minimum absolute atomic E-state index is 0.872. The van der Waals surface area contributed by atoms with Crippen LogP contribution in [0.25, 0.3) is 87.7 Å². The minimum Gasteiger partial charge on any atom is -0.456 e. The molecule has 0 aliphatic carbocycles. The number of aromatic nitrogens is 2. The van der Waals surface area contributed by atoms with E-state index in [0.29, 0.717) is 0 Å². The van der Waals surface area contributed by atoms with Crippen molar-refractivity contribution in [3.8, 4) is 22.4 Å². The number of hydrogen-bond acceptors (Lipinski definition) is 3. The van der Waals surface area contributed by atoms with Crippen LogP contribution in [0.3, 0.4) is 0 Å². The Kier molecular flexibility index (Phi) is 4.61. The molecule has 0 N–H and O–H groups in total. The molecule has 2 aromatic heterocycles. The smallest absolute Gasteiger partial charge is 0.135 e. The quantitative estimate of drug-likeness (QED) is 0.212. The maximum Gasteiger partial charge on any atom is 0.135 e. The van der Waals surface area contributed by atoms with E-state index in [9.17, 15) is 0 Å². The lowest BCUT2D eigenvalue weighted by Gasteiger charge is -2.11. The Balaban J connectivity index is 1.20. The van der Waals surface area contributed by atoms with Gasteiger partial charge in [-0.15, -0.1) is 0 Å². The third-order valence-electron chi connectivity index (χ3n) is 8.27. The molecule has 0 amide bonds. The molecule has 0 unspecified atom stereocenters. The molecule has 9 aromatic rings. The molecule has 41 heavy (non-hydrogen) atoms. The summed E-state index contributed by atoms with van der Waals surface area (Å²) in [5.41, 5.74) is 7.96. The van der Waals surface area contributed by atoms with Crippen molar-refractivity contribution in [3.05, 3.63) is 134 Å². The maximum atomic E-state index is 6.05. The van der Waals surface area contributed by atoms with Crippen LogP contribution in [0.2, 0.25) is 0 Å². The van der Waals surface area contributed by atoms with Gasteiger partial charge in [-0.3, -0.25) is 4.98 Å². The monoisotopic (exact) mass is 522 g/mol. The first-order valence-corrected chi connectivity index (χ1v) is 13.8. The molecule has 3 nitrogen and oxygen atoms in total. The Morgan fingerprint density at radius 3 is 1.80 bits per heavy atom. The summed E-state index contributed by atoms with van der Waals surface area (Å²) in [5, 5.41) is 9.30.